The Balaban J connectivity index is 2.38. The number of halogens is 1. The Bertz CT molecular complexity index is 169. The van der Waals surface area contributed by atoms with Crippen LogP contribution in [0.25, 0.3) is 0 Å². The van der Waals surface area contributed by atoms with E-state index in [9.17, 15) is 0 Å². The molecule has 3 heteroatoms. The van der Waals surface area contributed by atoms with Gasteiger partial charge in [0.15, 0.2) is 0 Å². The van der Waals surface area contributed by atoms with Gasteiger partial charge in [-0.15, -0.1) is 0 Å². The summed E-state index contributed by atoms with van der Waals surface area (Å²) >= 11 is 3.62. The van der Waals surface area contributed by atoms with Crippen molar-refractivity contribution in [2.24, 2.45) is 5.92 Å². The van der Waals surface area contributed by atoms with E-state index in [0.29, 0.717) is 0 Å². The Labute approximate surface area is 103 Å². The third-order valence-electron chi connectivity index (χ3n) is 3.36. The van der Waals surface area contributed by atoms with E-state index in [4.69, 9.17) is 0 Å². The Kier molecular flexibility index (Phi) is 6.17. The third-order valence-corrected chi connectivity index (χ3v) is 4.28. The van der Waals surface area contributed by atoms with E-state index in [0.717, 1.165) is 17.3 Å². The maximum atomic E-state index is 3.62. The predicted molar refractivity (Wildman–Crippen MR) is 70.7 cm³/mol. The first-order chi connectivity index (χ1) is 7.17. The van der Waals surface area contributed by atoms with E-state index in [1.807, 2.05) is 0 Å². The van der Waals surface area contributed by atoms with Crippen LogP contribution in [0.5, 0.6) is 0 Å². The fraction of sp³-hybridized carbons (Fsp3) is 1.00. The van der Waals surface area contributed by atoms with Crippen LogP contribution < -0.4 is 0 Å². The zero-order valence-corrected chi connectivity index (χ0v) is 12.0. The monoisotopic (exact) mass is 276 g/mol. The van der Waals surface area contributed by atoms with Gasteiger partial charge in [0, 0.05) is 24.5 Å². The molecule has 90 valence electrons. The second-order valence-electron chi connectivity index (χ2n) is 4.98. The molecular formula is C12H25BrN2. The van der Waals surface area contributed by atoms with E-state index in [1.165, 1.54) is 38.9 Å². The first-order valence-corrected chi connectivity index (χ1v) is 7.24. The van der Waals surface area contributed by atoms with Crippen LogP contribution in [0, 0.1) is 5.92 Å². The molecule has 2 unspecified atom stereocenters. The second kappa shape index (κ2) is 6.87. The minimum absolute atomic E-state index is 0.799. The summed E-state index contributed by atoms with van der Waals surface area (Å²) in [5.41, 5.74) is 0. The molecule has 1 aliphatic heterocycles. The van der Waals surface area contributed by atoms with E-state index in [2.05, 4.69) is 46.7 Å². The second-order valence-corrected chi connectivity index (χ2v) is 5.63. The highest BCUT2D eigenvalue weighted by Crippen LogP contribution is 2.20. The topological polar surface area (TPSA) is 6.48 Å². The molecule has 0 radical (unpaired) electrons. The Morgan fingerprint density at radius 2 is 2.20 bits per heavy atom. The minimum Gasteiger partial charge on any atom is -0.308 e. The number of rotatable bonds is 6. The molecule has 1 rings (SSSR count). The molecule has 0 amide bonds. The average molecular weight is 277 g/mol. The number of hydrogen-bond donors (Lipinski definition) is 0. The molecule has 1 saturated heterocycles. The first-order valence-electron chi connectivity index (χ1n) is 6.12. The smallest absolute Gasteiger partial charge is 0.0223 e. The summed E-state index contributed by atoms with van der Waals surface area (Å²) < 4.78 is 0. The van der Waals surface area contributed by atoms with Crippen molar-refractivity contribution in [3.05, 3.63) is 0 Å². The lowest BCUT2D eigenvalue weighted by Gasteiger charge is -2.29. The molecule has 0 aromatic rings. The predicted octanol–water partition coefficient (Wildman–Crippen LogP) is 2.43. The highest BCUT2D eigenvalue weighted by Gasteiger charge is 2.26. The van der Waals surface area contributed by atoms with E-state index >= 15 is 0 Å². The molecule has 1 fully saturated rings. The summed E-state index contributed by atoms with van der Waals surface area (Å²) in [5.74, 6) is 0.827. The summed E-state index contributed by atoms with van der Waals surface area (Å²) in [6, 6.07) is 0.799. The van der Waals surface area contributed by atoms with Gasteiger partial charge >= 0.3 is 0 Å². The van der Waals surface area contributed by atoms with Crippen LogP contribution in [0.15, 0.2) is 0 Å². The highest BCUT2D eigenvalue weighted by molar-refractivity contribution is 9.09. The van der Waals surface area contributed by atoms with Gasteiger partial charge < -0.3 is 4.90 Å². The summed E-state index contributed by atoms with van der Waals surface area (Å²) in [6.45, 7) is 6.10. The van der Waals surface area contributed by atoms with E-state index in [-0.39, 0.29) is 0 Å². The molecular weight excluding hydrogens is 252 g/mol. The third kappa shape index (κ3) is 4.41. The molecule has 0 aromatic carbocycles. The van der Waals surface area contributed by atoms with Gasteiger partial charge in [-0.2, -0.15) is 0 Å². The Morgan fingerprint density at radius 1 is 1.47 bits per heavy atom. The van der Waals surface area contributed by atoms with Crippen molar-refractivity contribution in [3.8, 4) is 0 Å². The van der Waals surface area contributed by atoms with Crippen molar-refractivity contribution in [1.82, 2.24) is 9.80 Å². The largest absolute Gasteiger partial charge is 0.308 e. The zero-order valence-electron chi connectivity index (χ0n) is 10.4. The van der Waals surface area contributed by atoms with Crippen LogP contribution in [0.1, 0.15) is 26.2 Å². The maximum absolute atomic E-state index is 3.62. The van der Waals surface area contributed by atoms with E-state index < -0.39 is 0 Å². The molecule has 1 aliphatic rings. The number of nitrogens with zero attached hydrogens (tertiary/aromatic N) is 2. The quantitative estimate of drug-likeness (QED) is 0.688. The van der Waals surface area contributed by atoms with Crippen LogP contribution in [-0.4, -0.2) is 54.9 Å². The van der Waals surface area contributed by atoms with Gasteiger partial charge in [-0.3, -0.25) is 4.90 Å². The van der Waals surface area contributed by atoms with Crippen molar-refractivity contribution < 1.29 is 0 Å². The highest BCUT2D eigenvalue weighted by atomic mass is 79.9. The number of alkyl halides is 1. The summed E-state index contributed by atoms with van der Waals surface area (Å²) in [6.07, 6.45) is 4.06. The zero-order chi connectivity index (χ0) is 11.3. The first kappa shape index (κ1) is 13.5. The molecule has 2 atom stereocenters. The van der Waals surface area contributed by atoms with Crippen molar-refractivity contribution in [1.29, 1.82) is 0 Å². The van der Waals surface area contributed by atoms with Crippen molar-refractivity contribution in [3.63, 3.8) is 0 Å². The van der Waals surface area contributed by atoms with E-state index in [1.54, 1.807) is 0 Å². The fourth-order valence-corrected chi connectivity index (χ4v) is 3.05. The summed E-state index contributed by atoms with van der Waals surface area (Å²) in [5, 5.41) is 1.15. The van der Waals surface area contributed by atoms with Crippen LogP contribution in [0.2, 0.25) is 0 Å². The fourth-order valence-electron chi connectivity index (χ4n) is 2.38. The standard InChI is InChI=1S/C12H25BrN2/c1-4-11(8-13)9-15-7-5-6-12(15)10-14(2)3/h11-12H,4-10H2,1-3H3. The van der Waals surface area contributed by atoms with Gasteiger partial charge in [-0.05, 0) is 39.4 Å². The van der Waals surface area contributed by atoms with Gasteiger partial charge in [-0.1, -0.05) is 29.3 Å². The van der Waals surface area contributed by atoms with Crippen molar-refractivity contribution >= 4 is 15.9 Å². The Morgan fingerprint density at radius 3 is 2.73 bits per heavy atom. The van der Waals surface area contributed by atoms with Crippen LogP contribution in [0.4, 0.5) is 0 Å². The van der Waals surface area contributed by atoms with Crippen molar-refractivity contribution in [2.75, 3.05) is 39.1 Å². The minimum atomic E-state index is 0.799. The molecule has 0 N–H and O–H groups in total. The number of likely N-dealkylation sites (tertiary alicyclic amines) is 1. The van der Waals surface area contributed by atoms with Crippen LogP contribution >= 0.6 is 15.9 Å². The molecule has 0 aromatic heterocycles. The van der Waals surface area contributed by atoms with Gasteiger partial charge in [0.25, 0.3) is 0 Å². The number of hydrogen-bond acceptors (Lipinski definition) is 2. The van der Waals surface area contributed by atoms with Crippen LogP contribution in [0.3, 0.4) is 0 Å². The summed E-state index contributed by atoms with van der Waals surface area (Å²) in [4.78, 5) is 5.01. The molecule has 0 spiro atoms. The van der Waals surface area contributed by atoms with Gasteiger partial charge in [0.2, 0.25) is 0 Å². The van der Waals surface area contributed by atoms with Gasteiger partial charge in [0.05, 0.1) is 0 Å². The van der Waals surface area contributed by atoms with Gasteiger partial charge in [0.1, 0.15) is 0 Å². The normalized spacial score (nSPS) is 25.0. The SMILES string of the molecule is CCC(CBr)CN1CCCC1CN(C)C. The lowest BCUT2D eigenvalue weighted by Crippen LogP contribution is -2.40. The lowest BCUT2D eigenvalue weighted by atomic mass is 10.1. The molecule has 1 heterocycles. The average Bonchev–Trinajstić information content (AvgIpc) is 2.61. The number of likely N-dealkylation sites (N-methyl/N-ethyl adjacent to an activating group) is 1. The van der Waals surface area contributed by atoms with Crippen molar-refractivity contribution in [2.45, 2.75) is 32.2 Å². The Hall–Kier alpha value is 0.400. The lowest BCUT2D eigenvalue weighted by molar-refractivity contribution is 0.185. The molecule has 0 aliphatic carbocycles. The van der Waals surface area contributed by atoms with Gasteiger partial charge in [-0.25, -0.2) is 0 Å². The molecule has 2 nitrogen and oxygen atoms in total. The van der Waals surface area contributed by atoms with Crippen LogP contribution in [-0.2, 0) is 0 Å². The summed E-state index contributed by atoms with van der Waals surface area (Å²) in [7, 11) is 4.36. The molecule has 0 bridgehead atoms. The molecule has 15 heavy (non-hydrogen) atoms. The molecule has 0 saturated carbocycles. The maximum Gasteiger partial charge on any atom is 0.0223 e.